The second kappa shape index (κ2) is 7.61. The SMILES string of the molecule is COc1cc(C(=O)NCc2ccc(N(C)C)cc2)nc2c(C)cc(F)cc12. The van der Waals surface area contributed by atoms with E-state index in [1.54, 1.807) is 6.92 Å². The van der Waals surface area contributed by atoms with E-state index >= 15 is 0 Å². The van der Waals surface area contributed by atoms with Gasteiger partial charge >= 0.3 is 0 Å². The number of nitrogens with zero attached hydrogens (tertiary/aromatic N) is 2. The van der Waals surface area contributed by atoms with Gasteiger partial charge in [-0.25, -0.2) is 9.37 Å². The van der Waals surface area contributed by atoms with E-state index in [0.717, 1.165) is 11.3 Å². The number of carbonyl (C=O) groups excluding carboxylic acids is 1. The zero-order valence-corrected chi connectivity index (χ0v) is 15.8. The Morgan fingerprint density at radius 3 is 2.52 bits per heavy atom. The van der Waals surface area contributed by atoms with Gasteiger partial charge in [-0.15, -0.1) is 0 Å². The zero-order valence-electron chi connectivity index (χ0n) is 15.8. The third-order valence-corrected chi connectivity index (χ3v) is 4.39. The molecule has 0 aliphatic heterocycles. The van der Waals surface area contributed by atoms with E-state index in [0.29, 0.717) is 28.8 Å². The molecule has 0 fully saturated rings. The molecule has 3 aromatic rings. The monoisotopic (exact) mass is 367 g/mol. The highest BCUT2D eigenvalue weighted by molar-refractivity contribution is 5.97. The van der Waals surface area contributed by atoms with Crippen molar-refractivity contribution in [2.24, 2.45) is 0 Å². The summed E-state index contributed by atoms with van der Waals surface area (Å²) in [4.78, 5) is 19.0. The average molecular weight is 367 g/mol. The van der Waals surface area contributed by atoms with Crippen molar-refractivity contribution in [3.05, 3.63) is 65.1 Å². The predicted octanol–water partition coefficient (Wildman–Crippen LogP) is 3.69. The van der Waals surface area contributed by atoms with E-state index in [9.17, 15) is 9.18 Å². The molecule has 1 heterocycles. The van der Waals surface area contributed by atoms with Crippen molar-refractivity contribution in [3.8, 4) is 5.75 Å². The molecule has 1 N–H and O–H groups in total. The van der Waals surface area contributed by atoms with Crippen LogP contribution < -0.4 is 15.0 Å². The summed E-state index contributed by atoms with van der Waals surface area (Å²) in [5.41, 5.74) is 3.51. The summed E-state index contributed by atoms with van der Waals surface area (Å²) in [6.45, 7) is 2.14. The van der Waals surface area contributed by atoms with Gasteiger partial charge in [0.2, 0.25) is 0 Å². The van der Waals surface area contributed by atoms with Gasteiger partial charge in [-0.05, 0) is 42.3 Å². The van der Waals surface area contributed by atoms with Gasteiger partial charge in [0.1, 0.15) is 17.3 Å². The molecule has 0 atom stereocenters. The van der Waals surface area contributed by atoms with E-state index < -0.39 is 0 Å². The Hall–Kier alpha value is -3.15. The van der Waals surface area contributed by atoms with Gasteiger partial charge in [0.05, 0.1) is 12.6 Å². The van der Waals surface area contributed by atoms with Crippen LogP contribution in [0.15, 0.2) is 42.5 Å². The first-order chi connectivity index (χ1) is 12.9. The maximum atomic E-state index is 13.7. The molecule has 0 spiro atoms. The number of fused-ring (bicyclic) bond motifs is 1. The number of halogens is 1. The number of amides is 1. The Kier molecular flexibility index (Phi) is 5.26. The fourth-order valence-corrected chi connectivity index (χ4v) is 2.90. The first-order valence-corrected chi connectivity index (χ1v) is 8.58. The van der Waals surface area contributed by atoms with Crippen molar-refractivity contribution in [2.45, 2.75) is 13.5 Å². The number of anilines is 1. The van der Waals surface area contributed by atoms with Crippen LogP contribution in [0.4, 0.5) is 10.1 Å². The van der Waals surface area contributed by atoms with E-state index in [2.05, 4.69) is 10.3 Å². The maximum Gasteiger partial charge on any atom is 0.270 e. The number of rotatable bonds is 5. The highest BCUT2D eigenvalue weighted by atomic mass is 19.1. The van der Waals surface area contributed by atoms with Crippen LogP contribution in [0.25, 0.3) is 10.9 Å². The van der Waals surface area contributed by atoms with Crippen LogP contribution in [0, 0.1) is 12.7 Å². The molecule has 1 amide bonds. The number of hydrogen-bond acceptors (Lipinski definition) is 4. The van der Waals surface area contributed by atoms with Crippen LogP contribution in [0.3, 0.4) is 0 Å². The van der Waals surface area contributed by atoms with Crippen LogP contribution >= 0.6 is 0 Å². The fraction of sp³-hybridized carbons (Fsp3) is 0.238. The summed E-state index contributed by atoms with van der Waals surface area (Å²) in [6.07, 6.45) is 0. The van der Waals surface area contributed by atoms with E-state index in [4.69, 9.17) is 4.74 Å². The number of carbonyl (C=O) groups is 1. The second-order valence-electron chi connectivity index (χ2n) is 6.57. The number of aryl methyl sites for hydroxylation is 1. The lowest BCUT2D eigenvalue weighted by atomic mass is 10.1. The van der Waals surface area contributed by atoms with Gasteiger partial charge in [-0.3, -0.25) is 4.79 Å². The normalized spacial score (nSPS) is 10.7. The summed E-state index contributed by atoms with van der Waals surface area (Å²) in [6, 6.07) is 12.2. The number of methoxy groups -OCH3 is 1. The molecule has 0 aliphatic carbocycles. The van der Waals surface area contributed by atoms with Crippen LogP contribution in [0.5, 0.6) is 5.75 Å². The minimum Gasteiger partial charge on any atom is -0.496 e. The zero-order chi connectivity index (χ0) is 19.6. The molecule has 2 aromatic carbocycles. The highest BCUT2D eigenvalue weighted by Gasteiger charge is 2.15. The standard InChI is InChI=1S/C21H22FN3O2/c1-13-9-15(22)10-17-19(27-4)11-18(24-20(13)17)21(26)23-12-14-5-7-16(8-6-14)25(2)3/h5-11H,12H2,1-4H3,(H,23,26). The van der Waals surface area contributed by atoms with Gasteiger partial charge < -0.3 is 15.0 Å². The van der Waals surface area contributed by atoms with Gasteiger partial charge in [0, 0.05) is 37.8 Å². The quantitative estimate of drug-likeness (QED) is 0.747. The molecule has 0 saturated carbocycles. The number of ether oxygens (including phenoxy) is 1. The highest BCUT2D eigenvalue weighted by Crippen LogP contribution is 2.28. The average Bonchev–Trinajstić information content (AvgIpc) is 2.65. The van der Waals surface area contributed by atoms with E-state index in [1.807, 2.05) is 43.3 Å². The number of hydrogen-bond donors (Lipinski definition) is 1. The molecule has 0 saturated heterocycles. The Morgan fingerprint density at radius 2 is 1.89 bits per heavy atom. The van der Waals surface area contributed by atoms with Gasteiger partial charge in [-0.2, -0.15) is 0 Å². The summed E-state index contributed by atoms with van der Waals surface area (Å²) in [5.74, 6) is -0.253. The first kappa shape index (κ1) is 18.6. The van der Waals surface area contributed by atoms with Crippen LogP contribution in [0.1, 0.15) is 21.6 Å². The van der Waals surface area contributed by atoms with Crippen LogP contribution in [0.2, 0.25) is 0 Å². The number of pyridine rings is 1. The largest absolute Gasteiger partial charge is 0.496 e. The Labute approximate surface area is 157 Å². The molecule has 1 aromatic heterocycles. The molecule has 27 heavy (non-hydrogen) atoms. The summed E-state index contributed by atoms with van der Waals surface area (Å²) >= 11 is 0. The number of nitrogens with one attached hydrogen (secondary N) is 1. The molecule has 140 valence electrons. The van der Waals surface area contributed by atoms with E-state index in [-0.39, 0.29) is 17.4 Å². The predicted molar refractivity (Wildman–Crippen MR) is 105 cm³/mol. The number of benzene rings is 2. The lowest BCUT2D eigenvalue weighted by Gasteiger charge is -2.13. The molecule has 6 heteroatoms. The second-order valence-corrected chi connectivity index (χ2v) is 6.57. The number of aromatic nitrogens is 1. The van der Waals surface area contributed by atoms with Crippen molar-refractivity contribution >= 4 is 22.5 Å². The Bertz CT molecular complexity index is 985. The Balaban J connectivity index is 1.83. The Morgan fingerprint density at radius 1 is 1.19 bits per heavy atom. The van der Waals surface area contributed by atoms with Gasteiger partial charge in [-0.1, -0.05) is 12.1 Å². The van der Waals surface area contributed by atoms with Gasteiger partial charge in [0.15, 0.2) is 0 Å². The summed E-state index contributed by atoms with van der Waals surface area (Å²) in [5, 5.41) is 3.41. The summed E-state index contributed by atoms with van der Waals surface area (Å²) in [7, 11) is 5.44. The molecule has 3 rings (SSSR count). The molecular weight excluding hydrogens is 345 g/mol. The minimum atomic E-state index is -0.363. The van der Waals surface area contributed by atoms with Crippen molar-refractivity contribution < 1.29 is 13.9 Å². The van der Waals surface area contributed by atoms with Crippen molar-refractivity contribution in [1.82, 2.24) is 10.3 Å². The van der Waals surface area contributed by atoms with Crippen molar-refractivity contribution in [3.63, 3.8) is 0 Å². The molecule has 5 nitrogen and oxygen atoms in total. The smallest absolute Gasteiger partial charge is 0.270 e. The molecular formula is C21H22FN3O2. The molecule has 0 bridgehead atoms. The first-order valence-electron chi connectivity index (χ1n) is 8.58. The maximum absolute atomic E-state index is 13.7. The van der Waals surface area contributed by atoms with Gasteiger partial charge in [0.25, 0.3) is 5.91 Å². The van der Waals surface area contributed by atoms with Crippen molar-refractivity contribution in [2.75, 3.05) is 26.1 Å². The van der Waals surface area contributed by atoms with Crippen molar-refractivity contribution in [1.29, 1.82) is 0 Å². The minimum absolute atomic E-state index is 0.235. The summed E-state index contributed by atoms with van der Waals surface area (Å²) < 4.78 is 19.0. The van der Waals surface area contributed by atoms with Crippen LogP contribution in [-0.4, -0.2) is 32.1 Å². The lowest BCUT2D eigenvalue weighted by Crippen LogP contribution is -2.24. The van der Waals surface area contributed by atoms with Crippen LogP contribution in [-0.2, 0) is 6.54 Å². The fourth-order valence-electron chi connectivity index (χ4n) is 2.90. The molecule has 0 radical (unpaired) electrons. The third kappa shape index (κ3) is 4.00. The molecule has 0 aliphatic rings. The van der Waals surface area contributed by atoms with E-state index in [1.165, 1.54) is 25.3 Å². The lowest BCUT2D eigenvalue weighted by molar-refractivity contribution is 0.0946. The third-order valence-electron chi connectivity index (χ3n) is 4.39. The molecule has 0 unspecified atom stereocenters. The topological polar surface area (TPSA) is 54.5 Å².